The van der Waals surface area contributed by atoms with Crippen LogP contribution in [0.1, 0.15) is 20.3 Å². The fourth-order valence-electron chi connectivity index (χ4n) is 1.27. The highest BCUT2D eigenvalue weighted by atomic mass is 16.5. The molecule has 1 aromatic rings. The van der Waals surface area contributed by atoms with Gasteiger partial charge in [-0.1, -0.05) is 18.2 Å². The van der Waals surface area contributed by atoms with Gasteiger partial charge in [0.1, 0.15) is 5.75 Å². The zero-order valence-electron chi connectivity index (χ0n) is 10.1. The maximum absolute atomic E-state index is 11.9. The van der Waals surface area contributed by atoms with Crippen LogP contribution in [0.15, 0.2) is 30.3 Å². The Morgan fingerprint density at radius 1 is 1.31 bits per heavy atom. The summed E-state index contributed by atoms with van der Waals surface area (Å²) in [5.74, 6) is 0.416. The third kappa shape index (κ3) is 3.66. The molecule has 3 heteroatoms. The van der Waals surface area contributed by atoms with Gasteiger partial charge in [0.05, 0.1) is 5.41 Å². The van der Waals surface area contributed by atoms with Crippen molar-refractivity contribution in [2.75, 3.05) is 13.6 Å². The molecular weight excluding hydrogens is 202 g/mol. The van der Waals surface area contributed by atoms with Gasteiger partial charge in [-0.25, -0.2) is 0 Å². The molecular formula is C13H19NO2. The first kappa shape index (κ1) is 12.7. The van der Waals surface area contributed by atoms with Crippen molar-refractivity contribution in [3.8, 4) is 5.75 Å². The number of carbonyl (C=O) groups excluding carboxylic acids is 1. The maximum atomic E-state index is 11.9. The minimum atomic E-state index is -0.459. The van der Waals surface area contributed by atoms with Gasteiger partial charge < -0.3 is 10.1 Å². The molecule has 0 amide bonds. The van der Waals surface area contributed by atoms with E-state index in [-0.39, 0.29) is 5.97 Å². The molecule has 0 aliphatic carbocycles. The summed E-state index contributed by atoms with van der Waals surface area (Å²) in [5, 5.41) is 3.03. The Morgan fingerprint density at radius 2 is 1.94 bits per heavy atom. The summed E-state index contributed by atoms with van der Waals surface area (Å²) in [4.78, 5) is 11.9. The fourth-order valence-corrected chi connectivity index (χ4v) is 1.27. The summed E-state index contributed by atoms with van der Waals surface area (Å²) in [5.41, 5.74) is -0.459. The van der Waals surface area contributed by atoms with E-state index in [1.54, 1.807) is 12.1 Å². The predicted molar refractivity (Wildman–Crippen MR) is 64.4 cm³/mol. The highest BCUT2D eigenvalue weighted by molar-refractivity contribution is 5.78. The van der Waals surface area contributed by atoms with E-state index in [9.17, 15) is 4.79 Å². The van der Waals surface area contributed by atoms with E-state index in [4.69, 9.17) is 4.74 Å². The third-order valence-corrected chi connectivity index (χ3v) is 2.51. The van der Waals surface area contributed by atoms with E-state index in [0.717, 1.165) is 13.0 Å². The van der Waals surface area contributed by atoms with Gasteiger partial charge in [0, 0.05) is 0 Å². The number of esters is 1. The molecule has 88 valence electrons. The number of benzene rings is 1. The monoisotopic (exact) mass is 221 g/mol. The number of nitrogens with one attached hydrogen (secondary N) is 1. The van der Waals surface area contributed by atoms with Crippen molar-refractivity contribution in [2.24, 2.45) is 5.41 Å². The quantitative estimate of drug-likeness (QED) is 0.612. The van der Waals surface area contributed by atoms with Crippen molar-refractivity contribution in [3.05, 3.63) is 30.3 Å². The lowest BCUT2D eigenvalue weighted by Crippen LogP contribution is -2.31. The average Bonchev–Trinajstić information content (AvgIpc) is 2.28. The molecule has 0 aliphatic heterocycles. The van der Waals surface area contributed by atoms with Gasteiger partial charge in [0.25, 0.3) is 0 Å². The number of para-hydroxylation sites is 1. The van der Waals surface area contributed by atoms with Crippen molar-refractivity contribution in [2.45, 2.75) is 20.3 Å². The van der Waals surface area contributed by atoms with Gasteiger partial charge in [0.15, 0.2) is 0 Å². The van der Waals surface area contributed by atoms with Crippen molar-refractivity contribution >= 4 is 5.97 Å². The van der Waals surface area contributed by atoms with Gasteiger partial charge >= 0.3 is 5.97 Å². The predicted octanol–water partition coefficient (Wildman–Crippen LogP) is 2.23. The Bertz CT molecular complexity index is 333. The van der Waals surface area contributed by atoms with Gasteiger partial charge in [-0.15, -0.1) is 0 Å². The number of carbonyl (C=O) groups is 1. The van der Waals surface area contributed by atoms with Crippen molar-refractivity contribution in [3.63, 3.8) is 0 Å². The van der Waals surface area contributed by atoms with E-state index >= 15 is 0 Å². The number of hydrogen-bond acceptors (Lipinski definition) is 3. The summed E-state index contributed by atoms with van der Waals surface area (Å²) in [6.07, 6.45) is 0.759. The van der Waals surface area contributed by atoms with Gasteiger partial charge in [-0.3, -0.25) is 4.79 Å². The van der Waals surface area contributed by atoms with E-state index in [1.165, 1.54) is 0 Å². The van der Waals surface area contributed by atoms with Crippen LogP contribution in [-0.2, 0) is 4.79 Å². The Morgan fingerprint density at radius 3 is 2.50 bits per heavy atom. The van der Waals surface area contributed by atoms with Gasteiger partial charge in [-0.05, 0) is 46.0 Å². The normalized spacial score (nSPS) is 11.2. The number of hydrogen-bond donors (Lipinski definition) is 1. The highest BCUT2D eigenvalue weighted by Crippen LogP contribution is 2.23. The standard InChI is InChI=1S/C13H19NO2/c1-13(2,9-10-14-3)12(15)16-11-7-5-4-6-8-11/h4-8,14H,9-10H2,1-3H3. The molecule has 0 atom stereocenters. The molecule has 1 aromatic carbocycles. The van der Waals surface area contributed by atoms with Crippen LogP contribution in [0, 0.1) is 5.41 Å². The Kier molecular flexibility index (Phi) is 4.50. The molecule has 0 bridgehead atoms. The first-order valence-corrected chi connectivity index (χ1v) is 5.48. The molecule has 0 saturated heterocycles. The van der Waals surface area contributed by atoms with Gasteiger partial charge in [0.2, 0.25) is 0 Å². The summed E-state index contributed by atoms with van der Waals surface area (Å²) in [6, 6.07) is 9.16. The van der Waals surface area contributed by atoms with Crippen LogP contribution in [0.4, 0.5) is 0 Å². The summed E-state index contributed by atoms with van der Waals surface area (Å²) >= 11 is 0. The molecule has 1 rings (SSSR count). The lowest BCUT2D eigenvalue weighted by atomic mass is 9.89. The first-order valence-electron chi connectivity index (χ1n) is 5.48. The zero-order chi connectivity index (χ0) is 12.0. The molecule has 0 aromatic heterocycles. The molecule has 0 aliphatic rings. The molecule has 0 saturated carbocycles. The topological polar surface area (TPSA) is 38.3 Å². The smallest absolute Gasteiger partial charge is 0.316 e. The number of rotatable bonds is 5. The van der Waals surface area contributed by atoms with Crippen LogP contribution in [0.5, 0.6) is 5.75 Å². The molecule has 3 nitrogen and oxygen atoms in total. The lowest BCUT2D eigenvalue weighted by molar-refractivity contribution is -0.144. The summed E-state index contributed by atoms with van der Waals surface area (Å²) < 4.78 is 5.31. The molecule has 0 spiro atoms. The summed E-state index contributed by atoms with van der Waals surface area (Å²) in [6.45, 7) is 4.60. The highest BCUT2D eigenvalue weighted by Gasteiger charge is 2.29. The molecule has 0 fully saturated rings. The average molecular weight is 221 g/mol. The second-order valence-corrected chi connectivity index (χ2v) is 4.44. The van der Waals surface area contributed by atoms with Crippen molar-refractivity contribution < 1.29 is 9.53 Å². The van der Waals surface area contributed by atoms with Crippen molar-refractivity contribution in [1.29, 1.82) is 0 Å². The van der Waals surface area contributed by atoms with E-state index in [0.29, 0.717) is 5.75 Å². The molecule has 1 N–H and O–H groups in total. The van der Waals surface area contributed by atoms with E-state index in [2.05, 4.69) is 5.32 Å². The van der Waals surface area contributed by atoms with E-state index in [1.807, 2.05) is 39.1 Å². The molecule has 0 radical (unpaired) electrons. The van der Waals surface area contributed by atoms with Crippen LogP contribution in [-0.4, -0.2) is 19.6 Å². The van der Waals surface area contributed by atoms with Crippen LogP contribution < -0.4 is 10.1 Å². The van der Waals surface area contributed by atoms with Crippen LogP contribution in [0.3, 0.4) is 0 Å². The molecule has 0 unspecified atom stereocenters. The maximum Gasteiger partial charge on any atom is 0.316 e. The van der Waals surface area contributed by atoms with Crippen LogP contribution in [0.2, 0.25) is 0 Å². The SMILES string of the molecule is CNCCC(C)(C)C(=O)Oc1ccccc1. The fraction of sp³-hybridized carbons (Fsp3) is 0.462. The Hall–Kier alpha value is -1.35. The van der Waals surface area contributed by atoms with E-state index < -0.39 is 5.41 Å². The van der Waals surface area contributed by atoms with Crippen LogP contribution in [0.25, 0.3) is 0 Å². The Balaban J connectivity index is 2.58. The first-order chi connectivity index (χ1) is 7.56. The second kappa shape index (κ2) is 5.66. The minimum Gasteiger partial charge on any atom is -0.426 e. The lowest BCUT2D eigenvalue weighted by Gasteiger charge is -2.22. The largest absolute Gasteiger partial charge is 0.426 e. The van der Waals surface area contributed by atoms with Gasteiger partial charge in [-0.2, -0.15) is 0 Å². The van der Waals surface area contributed by atoms with Crippen LogP contribution >= 0.6 is 0 Å². The minimum absolute atomic E-state index is 0.186. The molecule has 16 heavy (non-hydrogen) atoms. The second-order valence-electron chi connectivity index (χ2n) is 4.44. The zero-order valence-corrected chi connectivity index (χ0v) is 10.1. The number of ether oxygens (including phenoxy) is 1. The van der Waals surface area contributed by atoms with Crippen molar-refractivity contribution in [1.82, 2.24) is 5.32 Å². The Labute approximate surface area is 96.8 Å². The summed E-state index contributed by atoms with van der Waals surface area (Å²) in [7, 11) is 1.87. The third-order valence-electron chi connectivity index (χ3n) is 2.51. The molecule has 0 heterocycles.